The molecule has 0 spiro atoms. The van der Waals surface area contributed by atoms with E-state index in [-0.39, 0.29) is 12.2 Å². The Morgan fingerprint density at radius 1 is 1.33 bits per heavy atom. The summed E-state index contributed by atoms with van der Waals surface area (Å²) in [5.41, 5.74) is -0.517. The summed E-state index contributed by atoms with van der Waals surface area (Å²) in [6.45, 7) is 2.88. The van der Waals surface area contributed by atoms with E-state index in [0.717, 1.165) is 4.68 Å². The van der Waals surface area contributed by atoms with Crippen LogP contribution in [0.3, 0.4) is 0 Å². The number of halogens is 5. The number of amides is 1. The van der Waals surface area contributed by atoms with E-state index in [1.165, 1.54) is 38.1 Å². The molecule has 0 bridgehead atoms. The highest BCUT2D eigenvalue weighted by Gasteiger charge is 2.39. The van der Waals surface area contributed by atoms with Crippen LogP contribution in [0.2, 0.25) is 5.02 Å². The van der Waals surface area contributed by atoms with Gasteiger partial charge in [0.2, 0.25) is 5.91 Å². The van der Waals surface area contributed by atoms with Gasteiger partial charge in [0.15, 0.2) is 5.69 Å². The molecule has 0 saturated heterocycles. The predicted molar refractivity (Wildman–Crippen MR) is 79.9 cm³/mol. The second-order valence-electron chi connectivity index (χ2n) is 5.21. The molecular weight excluding hydrogens is 350 g/mol. The summed E-state index contributed by atoms with van der Waals surface area (Å²) < 4.78 is 52.2. The smallest absolute Gasteiger partial charge is 0.350 e. The van der Waals surface area contributed by atoms with Crippen molar-refractivity contribution in [2.45, 2.75) is 32.6 Å². The lowest BCUT2D eigenvalue weighted by atomic mass is 10.2. The molecule has 24 heavy (non-hydrogen) atoms. The summed E-state index contributed by atoms with van der Waals surface area (Å²) in [6.07, 6.45) is -4.70. The van der Waals surface area contributed by atoms with E-state index in [0.29, 0.717) is 5.56 Å². The van der Waals surface area contributed by atoms with Gasteiger partial charge in [-0.2, -0.15) is 18.3 Å². The number of carbonyl (C=O) groups excluding carboxylic acids is 1. The highest BCUT2D eigenvalue weighted by atomic mass is 35.5. The van der Waals surface area contributed by atoms with Gasteiger partial charge >= 0.3 is 6.18 Å². The molecule has 0 aliphatic carbocycles. The Kier molecular flexibility index (Phi) is 5.17. The molecule has 0 fully saturated rings. The Morgan fingerprint density at radius 2 is 1.92 bits per heavy atom. The Balaban J connectivity index is 2.12. The highest BCUT2D eigenvalue weighted by molar-refractivity contribution is 6.32. The molecule has 1 amide bonds. The quantitative estimate of drug-likeness (QED) is 0.838. The van der Waals surface area contributed by atoms with Crippen LogP contribution in [0.4, 0.5) is 17.6 Å². The third-order valence-electron chi connectivity index (χ3n) is 3.47. The number of carbonyl (C=O) groups is 1. The summed E-state index contributed by atoms with van der Waals surface area (Å²) in [7, 11) is 0. The van der Waals surface area contributed by atoms with Crippen LogP contribution in [0.25, 0.3) is 0 Å². The molecule has 2 rings (SSSR count). The van der Waals surface area contributed by atoms with Gasteiger partial charge in [-0.25, -0.2) is 4.39 Å². The number of benzene rings is 1. The summed E-state index contributed by atoms with van der Waals surface area (Å²) in [4.78, 5) is 12.1. The third-order valence-corrected chi connectivity index (χ3v) is 3.92. The zero-order valence-electron chi connectivity index (χ0n) is 12.8. The largest absolute Gasteiger partial charge is 0.436 e. The maximum atomic E-state index is 12.8. The molecule has 4 nitrogen and oxygen atoms in total. The zero-order chi connectivity index (χ0) is 18.1. The fourth-order valence-corrected chi connectivity index (χ4v) is 2.34. The SMILES string of the molecule is Cc1c(Cl)c(C(F)(F)F)nn1C(C)C(=O)NCc1ccc(F)cc1. The molecule has 0 radical (unpaired) electrons. The van der Waals surface area contributed by atoms with Gasteiger partial charge in [0.1, 0.15) is 11.9 Å². The van der Waals surface area contributed by atoms with Crippen molar-refractivity contribution >= 4 is 17.5 Å². The Hall–Kier alpha value is -2.09. The molecule has 0 aliphatic rings. The van der Waals surface area contributed by atoms with Crippen LogP contribution in [-0.4, -0.2) is 15.7 Å². The predicted octanol–water partition coefficient (Wildman–Crippen LogP) is 3.88. The van der Waals surface area contributed by atoms with Crippen LogP contribution in [0.1, 0.15) is 29.9 Å². The number of nitrogens with zero attached hydrogens (tertiary/aromatic N) is 2. The van der Waals surface area contributed by atoms with Crippen molar-refractivity contribution in [1.29, 1.82) is 0 Å². The van der Waals surface area contributed by atoms with Crippen LogP contribution in [0.5, 0.6) is 0 Å². The summed E-state index contributed by atoms with van der Waals surface area (Å²) in [5.74, 6) is -0.935. The fraction of sp³-hybridized carbons (Fsp3) is 0.333. The number of hydrogen-bond acceptors (Lipinski definition) is 2. The van der Waals surface area contributed by atoms with Gasteiger partial charge in [-0.05, 0) is 31.5 Å². The van der Waals surface area contributed by atoms with Crippen molar-refractivity contribution in [3.63, 3.8) is 0 Å². The second kappa shape index (κ2) is 6.80. The molecule has 2 aromatic rings. The van der Waals surface area contributed by atoms with E-state index in [9.17, 15) is 22.4 Å². The monoisotopic (exact) mass is 363 g/mol. The molecule has 1 heterocycles. The average molecular weight is 364 g/mol. The lowest BCUT2D eigenvalue weighted by Crippen LogP contribution is -2.31. The van der Waals surface area contributed by atoms with Crippen LogP contribution < -0.4 is 5.32 Å². The van der Waals surface area contributed by atoms with E-state index >= 15 is 0 Å². The lowest BCUT2D eigenvalue weighted by Gasteiger charge is -2.14. The molecule has 0 aliphatic heterocycles. The molecule has 1 unspecified atom stereocenters. The second-order valence-corrected chi connectivity index (χ2v) is 5.59. The molecular formula is C15H14ClF4N3O. The third kappa shape index (κ3) is 3.87. The first-order chi connectivity index (χ1) is 11.1. The number of rotatable bonds is 4. The first-order valence-corrected chi connectivity index (χ1v) is 7.33. The van der Waals surface area contributed by atoms with E-state index < -0.39 is 34.7 Å². The van der Waals surface area contributed by atoms with Gasteiger partial charge in [0.25, 0.3) is 0 Å². The minimum absolute atomic E-state index is 0.0495. The summed E-state index contributed by atoms with van der Waals surface area (Å²) in [5, 5.41) is 5.46. The number of hydrogen-bond donors (Lipinski definition) is 1. The molecule has 130 valence electrons. The number of nitrogens with one attached hydrogen (secondary N) is 1. The van der Waals surface area contributed by atoms with Gasteiger partial charge in [-0.3, -0.25) is 9.48 Å². The molecule has 1 N–H and O–H groups in total. The van der Waals surface area contributed by atoms with Crippen LogP contribution in [0, 0.1) is 12.7 Å². The minimum atomic E-state index is -4.70. The first-order valence-electron chi connectivity index (χ1n) is 6.95. The Bertz CT molecular complexity index is 740. The maximum absolute atomic E-state index is 12.8. The first kappa shape index (κ1) is 18.3. The van der Waals surface area contributed by atoms with Gasteiger partial charge in [0, 0.05) is 6.54 Å². The normalized spacial score (nSPS) is 13.0. The van der Waals surface area contributed by atoms with Crippen molar-refractivity contribution in [2.75, 3.05) is 0 Å². The maximum Gasteiger partial charge on any atom is 0.436 e. The van der Waals surface area contributed by atoms with E-state index in [2.05, 4.69) is 10.4 Å². The van der Waals surface area contributed by atoms with Crippen LogP contribution in [-0.2, 0) is 17.5 Å². The number of aromatic nitrogens is 2. The number of alkyl halides is 3. The van der Waals surface area contributed by atoms with E-state index in [1.807, 2.05) is 0 Å². The standard InChI is InChI=1S/C15H14ClF4N3O/c1-8-12(16)13(15(18,19)20)22-23(8)9(2)14(24)21-7-10-3-5-11(17)6-4-10/h3-6,9H,7H2,1-2H3,(H,21,24). The summed E-state index contributed by atoms with van der Waals surface area (Å²) in [6, 6.07) is 4.51. The highest BCUT2D eigenvalue weighted by Crippen LogP contribution is 2.36. The van der Waals surface area contributed by atoms with Gasteiger partial charge in [0.05, 0.1) is 10.7 Å². The van der Waals surface area contributed by atoms with Crippen molar-refractivity contribution in [3.8, 4) is 0 Å². The van der Waals surface area contributed by atoms with Crippen LogP contribution >= 0.6 is 11.6 Å². The Morgan fingerprint density at radius 3 is 2.42 bits per heavy atom. The molecule has 1 aromatic carbocycles. The van der Waals surface area contributed by atoms with Gasteiger partial charge in [-0.1, -0.05) is 23.7 Å². The summed E-state index contributed by atoms with van der Waals surface area (Å²) >= 11 is 5.66. The molecule has 9 heteroatoms. The molecule has 1 aromatic heterocycles. The fourth-order valence-electron chi connectivity index (χ4n) is 2.11. The average Bonchev–Trinajstić information content (AvgIpc) is 2.81. The topological polar surface area (TPSA) is 46.9 Å². The Labute approximate surface area is 140 Å². The lowest BCUT2D eigenvalue weighted by molar-refractivity contribution is -0.141. The van der Waals surface area contributed by atoms with Gasteiger partial charge in [-0.15, -0.1) is 0 Å². The molecule has 0 saturated carbocycles. The zero-order valence-corrected chi connectivity index (χ0v) is 13.5. The van der Waals surface area contributed by atoms with Gasteiger partial charge < -0.3 is 5.32 Å². The van der Waals surface area contributed by atoms with Crippen molar-refractivity contribution in [1.82, 2.24) is 15.1 Å². The van der Waals surface area contributed by atoms with E-state index in [1.54, 1.807) is 0 Å². The van der Waals surface area contributed by atoms with Crippen molar-refractivity contribution in [2.24, 2.45) is 0 Å². The minimum Gasteiger partial charge on any atom is -0.350 e. The molecule has 1 atom stereocenters. The van der Waals surface area contributed by atoms with Crippen molar-refractivity contribution in [3.05, 3.63) is 52.1 Å². The van der Waals surface area contributed by atoms with Crippen LogP contribution in [0.15, 0.2) is 24.3 Å². The van der Waals surface area contributed by atoms with Crippen molar-refractivity contribution < 1.29 is 22.4 Å². The van der Waals surface area contributed by atoms with E-state index in [4.69, 9.17) is 11.6 Å².